The third kappa shape index (κ3) is 69.3. The second-order valence-electron chi connectivity index (χ2n) is 26.3. The fourth-order valence-corrected chi connectivity index (χ4v) is 12.2. The molecule has 6 heteroatoms. The topological polar surface area (TPSA) is 95.9 Å². The molecule has 83 heavy (non-hydrogen) atoms. The molecule has 0 aromatic carbocycles. The summed E-state index contributed by atoms with van der Waals surface area (Å²) in [5.41, 5.74) is 0. The highest BCUT2D eigenvalue weighted by atomic mass is 16.5. The van der Waals surface area contributed by atoms with Gasteiger partial charge in [-0.2, -0.15) is 0 Å². The summed E-state index contributed by atoms with van der Waals surface area (Å²) >= 11 is 0. The second kappa shape index (κ2) is 72.8. The fraction of sp³-hybridized carbons (Fsp3) is 0.922. The maximum atomic E-state index is 12.5. The summed E-state index contributed by atoms with van der Waals surface area (Å²) in [5.74, 6) is -0.0120. The lowest BCUT2D eigenvalue weighted by Gasteiger charge is -2.22. The molecule has 6 nitrogen and oxygen atoms in total. The number of hydrogen-bond donors (Lipinski definition) is 3. The number of amides is 1. The predicted octanol–water partition coefficient (Wildman–Crippen LogP) is 24.9. The first-order chi connectivity index (χ1) is 41.0. The van der Waals surface area contributed by atoms with Crippen LogP contribution in [0.5, 0.6) is 0 Å². The Kier molecular flexibility index (Phi) is 71.4. The summed E-state index contributed by atoms with van der Waals surface area (Å²) in [6.07, 6.45) is 92.5. The summed E-state index contributed by atoms with van der Waals surface area (Å²) in [7, 11) is 0. The third-order valence-corrected chi connectivity index (χ3v) is 18.0. The first-order valence-corrected chi connectivity index (χ1v) is 38.1. The molecule has 0 bridgehead atoms. The van der Waals surface area contributed by atoms with Gasteiger partial charge in [-0.1, -0.05) is 385 Å². The van der Waals surface area contributed by atoms with Crippen molar-refractivity contribution in [1.82, 2.24) is 5.32 Å². The molecule has 0 heterocycles. The number of carbonyl (C=O) groups is 2. The molecule has 0 spiro atoms. The molecule has 0 saturated carbocycles. The SMILES string of the molecule is CCCCCCCCCCCCCCCCCCCCC(O)C(CO)NC(=O)CCCCCCCCCCCCCCCCC/C=C\C/C=C\CCCCCCCCCCCOC(=O)CCCCCCCCCCCCCCCCCCC. The van der Waals surface area contributed by atoms with E-state index < -0.39 is 12.1 Å². The fourth-order valence-electron chi connectivity index (χ4n) is 12.2. The maximum absolute atomic E-state index is 12.5. The molecular formula is C77H149NO5. The number of nitrogens with one attached hydrogen (secondary N) is 1. The first kappa shape index (κ1) is 81.3. The smallest absolute Gasteiger partial charge is 0.305 e. The molecule has 3 N–H and O–H groups in total. The Balaban J connectivity index is 3.37. The van der Waals surface area contributed by atoms with Crippen LogP contribution in [0.4, 0.5) is 0 Å². The van der Waals surface area contributed by atoms with Crippen molar-refractivity contribution in [1.29, 1.82) is 0 Å². The quantitative estimate of drug-likeness (QED) is 0.0320. The largest absolute Gasteiger partial charge is 0.466 e. The molecule has 0 aromatic heterocycles. The summed E-state index contributed by atoms with van der Waals surface area (Å²) in [4.78, 5) is 24.6. The van der Waals surface area contributed by atoms with Crippen LogP contribution in [0.1, 0.15) is 431 Å². The van der Waals surface area contributed by atoms with Crippen molar-refractivity contribution in [2.45, 2.75) is 443 Å². The molecule has 0 saturated heterocycles. The van der Waals surface area contributed by atoms with Gasteiger partial charge >= 0.3 is 5.97 Å². The van der Waals surface area contributed by atoms with E-state index in [4.69, 9.17) is 4.74 Å². The highest BCUT2D eigenvalue weighted by Crippen LogP contribution is 2.20. The van der Waals surface area contributed by atoms with Gasteiger partial charge in [-0.25, -0.2) is 0 Å². The van der Waals surface area contributed by atoms with Gasteiger partial charge in [0, 0.05) is 12.8 Å². The van der Waals surface area contributed by atoms with Crippen LogP contribution < -0.4 is 5.32 Å². The minimum absolute atomic E-state index is 0.0181. The summed E-state index contributed by atoms with van der Waals surface area (Å²) < 4.78 is 5.51. The van der Waals surface area contributed by atoms with Crippen LogP contribution >= 0.6 is 0 Å². The van der Waals surface area contributed by atoms with Gasteiger partial charge < -0.3 is 20.3 Å². The van der Waals surface area contributed by atoms with Gasteiger partial charge in [-0.15, -0.1) is 0 Å². The van der Waals surface area contributed by atoms with Gasteiger partial charge in [0.15, 0.2) is 0 Å². The van der Waals surface area contributed by atoms with E-state index in [1.54, 1.807) is 0 Å². The zero-order valence-electron chi connectivity index (χ0n) is 56.5. The minimum atomic E-state index is -0.664. The van der Waals surface area contributed by atoms with E-state index in [1.807, 2.05) is 0 Å². The Morgan fingerprint density at radius 1 is 0.337 bits per heavy atom. The van der Waals surface area contributed by atoms with Crippen molar-refractivity contribution in [3.63, 3.8) is 0 Å². The molecule has 0 fully saturated rings. The van der Waals surface area contributed by atoms with Gasteiger partial charge in [-0.05, 0) is 57.8 Å². The van der Waals surface area contributed by atoms with Crippen LogP contribution in [0.25, 0.3) is 0 Å². The van der Waals surface area contributed by atoms with Gasteiger partial charge in [0.05, 0.1) is 25.4 Å². The second-order valence-corrected chi connectivity index (χ2v) is 26.3. The molecule has 2 atom stereocenters. The van der Waals surface area contributed by atoms with Crippen LogP contribution in [-0.4, -0.2) is 47.4 Å². The van der Waals surface area contributed by atoms with Crippen LogP contribution in [0, 0.1) is 0 Å². The van der Waals surface area contributed by atoms with Crippen molar-refractivity contribution in [3.05, 3.63) is 24.3 Å². The lowest BCUT2D eigenvalue weighted by molar-refractivity contribution is -0.143. The van der Waals surface area contributed by atoms with Crippen LogP contribution in [-0.2, 0) is 14.3 Å². The van der Waals surface area contributed by atoms with Gasteiger partial charge in [0.2, 0.25) is 5.91 Å². The Morgan fingerprint density at radius 3 is 0.916 bits per heavy atom. The van der Waals surface area contributed by atoms with Gasteiger partial charge in [0.25, 0.3) is 0 Å². The van der Waals surface area contributed by atoms with Gasteiger partial charge in [-0.3, -0.25) is 9.59 Å². The van der Waals surface area contributed by atoms with E-state index in [0.29, 0.717) is 25.9 Å². The average molecular weight is 1170 g/mol. The number of rotatable bonds is 72. The van der Waals surface area contributed by atoms with Crippen LogP contribution in [0.15, 0.2) is 24.3 Å². The number of unbranched alkanes of at least 4 members (excludes halogenated alkanes) is 57. The highest BCUT2D eigenvalue weighted by Gasteiger charge is 2.20. The van der Waals surface area contributed by atoms with E-state index in [9.17, 15) is 19.8 Å². The van der Waals surface area contributed by atoms with Crippen molar-refractivity contribution in [2.24, 2.45) is 0 Å². The van der Waals surface area contributed by atoms with E-state index in [2.05, 4.69) is 43.5 Å². The average Bonchev–Trinajstić information content (AvgIpc) is 3.49. The number of esters is 1. The molecule has 0 rings (SSSR count). The predicted molar refractivity (Wildman–Crippen MR) is 366 cm³/mol. The molecule has 0 aliphatic carbocycles. The van der Waals surface area contributed by atoms with Crippen LogP contribution in [0.3, 0.4) is 0 Å². The van der Waals surface area contributed by atoms with Crippen molar-refractivity contribution < 1.29 is 24.5 Å². The summed E-state index contributed by atoms with van der Waals surface area (Å²) in [5, 5.41) is 23.4. The molecule has 0 aromatic rings. The summed E-state index contributed by atoms with van der Waals surface area (Å²) in [6.45, 7) is 5.00. The van der Waals surface area contributed by atoms with Crippen molar-refractivity contribution in [2.75, 3.05) is 13.2 Å². The number of aliphatic hydroxyl groups excluding tert-OH is 2. The standard InChI is InChI=1S/C77H149NO5/c1-3-5-7-9-11-13-15-17-19-21-38-41-45-49-53-57-61-65-69-75(80)74(73-79)78-76(81)70-66-62-58-54-50-46-42-39-35-33-31-29-27-25-23-22-24-26-28-30-32-34-36-40-44-48-52-56-60-64-68-72-83-77(82)71-67-63-59-55-51-47-43-37-20-18-16-14-12-10-8-6-4-2/h24,26,30,32,74-75,79-80H,3-23,25,27-29,31,33-73H2,1-2H3,(H,78,81)/b26-24-,32-30-. The number of ether oxygens (including phenoxy) is 1. The lowest BCUT2D eigenvalue weighted by Crippen LogP contribution is -2.45. The zero-order valence-corrected chi connectivity index (χ0v) is 56.5. The van der Waals surface area contributed by atoms with E-state index in [-0.39, 0.29) is 18.5 Å². The molecule has 0 aliphatic rings. The number of aliphatic hydroxyl groups is 2. The number of hydrogen-bond acceptors (Lipinski definition) is 5. The van der Waals surface area contributed by atoms with E-state index in [0.717, 1.165) is 44.9 Å². The normalized spacial score (nSPS) is 12.6. The van der Waals surface area contributed by atoms with Crippen molar-refractivity contribution in [3.8, 4) is 0 Å². The maximum Gasteiger partial charge on any atom is 0.305 e. The molecule has 0 aliphatic heterocycles. The lowest BCUT2D eigenvalue weighted by atomic mass is 10.0. The molecule has 1 amide bonds. The monoisotopic (exact) mass is 1170 g/mol. The Hall–Kier alpha value is -1.66. The zero-order chi connectivity index (χ0) is 59.9. The first-order valence-electron chi connectivity index (χ1n) is 38.1. The molecule has 2 unspecified atom stereocenters. The van der Waals surface area contributed by atoms with Crippen molar-refractivity contribution >= 4 is 11.9 Å². The molecule has 0 radical (unpaired) electrons. The third-order valence-electron chi connectivity index (χ3n) is 18.0. The Labute approximate surface area is 520 Å². The van der Waals surface area contributed by atoms with E-state index >= 15 is 0 Å². The van der Waals surface area contributed by atoms with Crippen LogP contribution in [0.2, 0.25) is 0 Å². The van der Waals surface area contributed by atoms with E-state index in [1.165, 1.54) is 353 Å². The highest BCUT2D eigenvalue weighted by molar-refractivity contribution is 5.76. The molecular weight excluding hydrogens is 1020 g/mol. The Morgan fingerprint density at radius 2 is 0.602 bits per heavy atom. The number of carbonyl (C=O) groups excluding carboxylic acids is 2. The summed E-state index contributed by atoms with van der Waals surface area (Å²) in [6, 6.07) is -0.541. The van der Waals surface area contributed by atoms with Gasteiger partial charge in [0.1, 0.15) is 0 Å². The Bertz CT molecular complexity index is 1300. The number of allylic oxidation sites excluding steroid dienone is 4. The molecule has 492 valence electrons. The minimum Gasteiger partial charge on any atom is -0.466 e.